The molecule has 0 spiro atoms. The zero-order valence-corrected chi connectivity index (χ0v) is 19.3. The van der Waals surface area contributed by atoms with Crippen molar-refractivity contribution in [2.75, 3.05) is 24.2 Å². The van der Waals surface area contributed by atoms with E-state index in [4.69, 9.17) is 0 Å². The van der Waals surface area contributed by atoms with Gasteiger partial charge in [0, 0.05) is 24.7 Å². The highest BCUT2D eigenvalue weighted by Crippen LogP contribution is 2.29. The van der Waals surface area contributed by atoms with Crippen LogP contribution in [0.5, 0.6) is 0 Å². The van der Waals surface area contributed by atoms with Gasteiger partial charge in [-0.25, -0.2) is 4.68 Å². The molecule has 1 aromatic heterocycles. The summed E-state index contributed by atoms with van der Waals surface area (Å²) < 4.78 is 1.93. The Morgan fingerprint density at radius 3 is 2.28 bits per heavy atom. The molecule has 0 radical (unpaired) electrons. The van der Waals surface area contributed by atoms with E-state index in [2.05, 4.69) is 10.4 Å². The molecule has 1 fully saturated rings. The third kappa shape index (κ3) is 5.05. The summed E-state index contributed by atoms with van der Waals surface area (Å²) in [5.74, 6) is 0.476. The maximum Gasteiger partial charge on any atom is 0.232 e. The molecule has 3 aromatic rings. The molecule has 166 valence electrons. The average molecular weight is 449 g/mol. The van der Waals surface area contributed by atoms with E-state index in [0.717, 1.165) is 27.7 Å². The Labute approximate surface area is 193 Å². The van der Waals surface area contributed by atoms with Crippen LogP contribution in [0.15, 0.2) is 65.6 Å². The highest BCUT2D eigenvalue weighted by Gasteiger charge is 2.27. The van der Waals surface area contributed by atoms with Gasteiger partial charge in [-0.05, 0) is 51.0 Å². The first-order valence-electron chi connectivity index (χ1n) is 10.9. The third-order valence-electron chi connectivity index (χ3n) is 5.83. The first-order valence-corrected chi connectivity index (χ1v) is 11.9. The summed E-state index contributed by atoms with van der Waals surface area (Å²) in [5, 5.41) is 7.64. The number of hydrogen-bond acceptors (Lipinski definition) is 4. The molecule has 0 aliphatic carbocycles. The molecule has 1 aliphatic rings. The number of anilines is 1. The lowest BCUT2D eigenvalue weighted by atomic mass is 9.96. The number of aromatic nitrogens is 2. The van der Waals surface area contributed by atoms with Crippen LogP contribution >= 0.6 is 11.8 Å². The van der Waals surface area contributed by atoms with Crippen LogP contribution in [0, 0.1) is 19.8 Å². The quantitative estimate of drug-likeness (QED) is 0.566. The van der Waals surface area contributed by atoms with Crippen LogP contribution in [-0.2, 0) is 9.59 Å². The number of carbonyl (C=O) groups excluding carboxylic acids is 2. The number of carbonyl (C=O) groups is 2. The smallest absolute Gasteiger partial charge is 0.232 e. The molecule has 32 heavy (non-hydrogen) atoms. The minimum atomic E-state index is -0.0551. The number of piperidine rings is 1. The Bertz CT molecular complexity index is 1070. The van der Waals surface area contributed by atoms with Gasteiger partial charge >= 0.3 is 0 Å². The van der Waals surface area contributed by atoms with Gasteiger partial charge in [-0.1, -0.05) is 36.4 Å². The minimum Gasteiger partial charge on any atom is -0.342 e. The van der Waals surface area contributed by atoms with E-state index in [0.29, 0.717) is 31.7 Å². The highest BCUT2D eigenvalue weighted by molar-refractivity contribution is 8.00. The van der Waals surface area contributed by atoms with E-state index in [9.17, 15) is 9.59 Å². The molecule has 1 N–H and O–H groups in total. The Morgan fingerprint density at radius 1 is 1.00 bits per heavy atom. The summed E-state index contributed by atoms with van der Waals surface area (Å²) in [6.45, 7) is 5.26. The van der Waals surface area contributed by atoms with Crippen LogP contribution in [-0.4, -0.2) is 45.3 Å². The number of rotatable bonds is 6. The maximum atomic E-state index is 12.8. The third-order valence-corrected chi connectivity index (χ3v) is 7.10. The van der Waals surface area contributed by atoms with Crippen molar-refractivity contribution in [3.63, 3.8) is 0 Å². The lowest BCUT2D eigenvalue weighted by molar-refractivity contribution is -0.132. The fourth-order valence-corrected chi connectivity index (χ4v) is 5.04. The van der Waals surface area contributed by atoms with E-state index < -0.39 is 0 Å². The van der Waals surface area contributed by atoms with E-state index in [1.165, 1.54) is 0 Å². The molecule has 1 aliphatic heterocycles. The molecule has 6 nitrogen and oxygen atoms in total. The molecule has 1 saturated heterocycles. The van der Waals surface area contributed by atoms with Gasteiger partial charge < -0.3 is 10.2 Å². The SMILES string of the molecule is Cc1nn(-c2ccccc2)c(C)c1SCC(=O)N1CCC(C(=O)Nc2ccccc2)CC1. The summed E-state index contributed by atoms with van der Waals surface area (Å²) >= 11 is 1.55. The Balaban J connectivity index is 1.29. The zero-order valence-electron chi connectivity index (χ0n) is 18.5. The van der Waals surface area contributed by atoms with Crippen LogP contribution < -0.4 is 5.32 Å². The minimum absolute atomic E-state index is 0.0391. The fourth-order valence-electron chi connectivity index (χ4n) is 4.04. The van der Waals surface area contributed by atoms with Gasteiger partial charge in [0.25, 0.3) is 0 Å². The second kappa shape index (κ2) is 10.0. The first-order chi connectivity index (χ1) is 15.5. The topological polar surface area (TPSA) is 67.2 Å². The molecule has 4 rings (SSSR count). The predicted octanol–water partition coefficient (Wildman–Crippen LogP) is 4.46. The van der Waals surface area contributed by atoms with Crippen LogP contribution in [0.1, 0.15) is 24.2 Å². The van der Waals surface area contributed by atoms with Crippen molar-refractivity contribution in [1.29, 1.82) is 0 Å². The standard InChI is InChI=1S/C25H28N4O2S/c1-18-24(19(2)29(27-18)22-11-7-4-8-12-22)32-17-23(30)28-15-13-20(14-16-28)25(31)26-21-9-5-3-6-10-21/h3-12,20H,13-17H2,1-2H3,(H,26,31). The second-order valence-corrected chi connectivity index (χ2v) is 9.03. The monoisotopic (exact) mass is 448 g/mol. The highest BCUT2D eigenvalue weighted by atomic mass is 32.2. The van der Waals surface area contributed by atoms with Gasteiger partial charge in [0.05, 0.1) is 27.7 Å². The number of thioether (sulfide) groups is 1. The van der Waals surface area contributed by atoms with Crippen LogP contribution in [0.4, 0.5) is 5.69 Å². The van der Waals surface area contributed by atoms with E-state index in [-0.39, 0.29) is 17.7 Å². The number of nitrogens with one attached hydrogen (secondary N) is 1. The van der Waals surface area contributed by atoms with Gasteiger partial charge in [0.1, 0.15) is 0 Å². The number of likely N-dealkylation sites (tertiary alicyclic amines) is 1. The van der Waals surface area contributed by atoms with Gasteiger partial charge in [0.2, 0.25) is 11.8 Å². The zero-order chi connectivity index (χ0) is 22.5. The molecule has 0 unspecified atom stereocenters. The number of aryl methyl sites for hydroxylation is 1. The summed E-state index contributed by atoms with van der Waals surface area (Å²) in [4.78, 5) is 28.3. The van der Waals surface area contributed by atoms with Crippen molar-refractivity contribution in [3.05, 3.63) is 72.1 Å². The van der Waals surface area contributed by atoms with Gasteiger partial charge in [-0.2, -0.15) is 5.10 Å². The van der Waals surface area contributed by atoms with Gasteiger partial charge in [-0.15, -0.1) is 11.8 Å². The molecule has 2 aromatic carbocycles. The fraction of sp³-hybridized carbons (Fsp3) is 0.320. The Kier molecular flexibility index (Phi) is 6.95. The molecular weight excluding hydrogens is 420 g/mol. The van der Waals surface area contributed by atoms with Crippen molar-refractivity contribution in [2.24, 2.45) is 5.92 Å². The number of amides is 2. The second-order valence-electron chi connectivity index (χ2n) is 8.05. The molecule has 2 amide bonds. The Morgan fingerprint density at radius 2 is 1.62 bits per heavy atom. The number of para-hydroxylation sites is 2. The molecule has 2 heterocycles. The number of nitrogens with zero attached hydrogens (tertiary/aromatic N) is 3. The molecule has 0 saturated carbocycles. The van der Waals surface area contributed by atoms with Gasteiger partial charge in [-0.3, -0.25) is 9.59 Å². The normalized spacial score (nSPS) is 14.4. The van der Waals surface area contributed by atoms with Crippen molar-refractivity contribution in [3.8, 4) is 5.69 Å². The van der Waals surface area contributed by atoms with Crippen LogP contribution in [0.2, 0.25) is 0 Å². The summed E-state index contributed by atoms with van der Waals surface area (Å²) in [7, 11) is 0. The molecule has 0 bridgehead atoms. The van der Waals surface area contributed by atoms with Gasteiger partial charge in [0.15, 0.2) is 0 Å². The van der Waals surface area contributed by atoms with Crippen molar-refractivity contribution in [1.82, 2.24) is 14.7 Å². The molecular formula is C25H28N4O2S. The predicted molar refractivity (Wildman–Crippen MR) is 128 cm³/mol. The summed E-state index contributed by atoms with van der Waals surface area (Å²) in [6.07, 6.45) is 1.39. The average Bonchev–Trinajstić information content (AvgIpc) is 3.12. The first kappa shape index (κ1) is 22.1. The molecule has 0 atom stereocenters. The summed E-state index contributed by atoms with van der Waals surface area (Å²) in [6, 6.07) is 19.5. The van der Waals surface area contributed by atoms with Crippen LogP contribution in [0.25, 0.3) is 5.69 Å². The van der Waals surface area contributed by atoms with Crippen molar-refractivity contribution >= 4 is 29.3 Å². The Hall–Kier alpha value is -3.06. The molecule has 7 heteroatoms. The van der Waals surface area contributed by atoms with Crippen molar-refractivity contribution in [2.45, 2.75) is 31.6 Å². The van der Waals surface area contributed by atoms with E-state index in [1.807, 2.05) is 84.1 Å². The number of hydrogen-bond donors (Lipinski definition) is 1. The lowest BCUT2D eigenvalue weighted by Crippen LogP contribution is -2.42. The van der Waals surface area contributed by atoms with Crippen LogP contribution in [0.3, 0.4) is 0 Å². The maximum absolute atomic E-state index is 12.8. The largest absolute Gasteiger partial charge is 0.342 e. The number of benzene rings is 2. The van der Waals surface area contributed by atoms with E-state index >= 15 is 0 Å². The lowest BCUT2D eigenvalue weighted by Gasteiger charge is -2.31. The van der Waals surface area contributed by atoms with E-state index in [1.54, 1.807) is 11.8 Å². The van der Waals surface area contributed by atoms with Crippen molar-refractivity contribution < 1.29 is 9.59 Å². The summed E-state index contributed by atoms with van der Waals surface area (Å²) in [5.41, 5.74) is 3.81.